The third kappa shape index (κ3) is 4.14. The first-order valence-electron chi connectivity index (χ1n) is 10.4. The van der Waals surface area contributed by atoms with Crippen LogP contribution in [0.2, 0.25) is 0 Å². The first-order chi connectivity index (χ1) is 14.1. The molecule has 3 rings (SSSR count). The number of para-hydroxylation sites is 1. The number of carbonyl (C=O) groups is 2. The Balaban J connectivity index is 2.18. The molecule has 0 N–H and O–H groups in total. The molecule has 0 bridgehead atoms. The van der Waals surface area contributed by atoms with Crippen LogP contribution in [-0.4, -0.2) is 31.2 Å². The average molecular weight is 395 g/mol. The van der Waals surface area contributed by atoms with Crippen molar-refractivity contribution in [2.45, 2.75) is 39.3 Å². The molecule has 1 saturated heterocycles. The molecule has 1 fully saturated rings. The van der Waals surface area contributed by atoms with E-state index >= 15 is 0 Å². The minimum atomic E-state index is -0.730. The highest BCUT2D eigenvalue weighted by atomic mass is 16.5. The van der Waals surface area contributed by atoms with E-state index in [0.717, 1.165) is 17.7 Å². The zero-order chi connectivity index (χ0) is 20.8. The number of hydrogen-bond acceptors (Lipinski definition) is 5. The van der Waals surface area contributed by atoms with Crippen LogP contribution in [-0.2, 0) is 19.1 Å². The summed E-state index contributed by atoms with van der Waals surface area (Å²) in [4.78, 5) is 28.2. The second-order valence-corrected chi connectivity index (χ2v) is 7.15. The SMILES string of the molecule is CCOC(=O)[C@@H]1[C@@H](CC)[C@H](c2ccccc2)N(c2ccccc2)[C@H]1C(=O)OCC. The Hall–Kier alpha value is -2.82. The van der Waals surface area contributed by atoms with Crippen molar-refractivity contribution < 1.29 is 19.1 Å². The maximum Gasteiger partial charge on any atom is 0.329 e. The smallest absolute Gasteiger partial charge is 0.329 e. The van der Waals surface area contributed by atoms with Crippen LogP contribution in [0.5, 0.6) is 0 Å². The zero-order valence-corrected chi connectivity index (χ0v) is 17.3. The number of rotatable bonds is 7. The predicted octanol–water partition coefficient (Wildman–Crippen LogP) is 4.39. The molecule has 1 aliphatic heterocycles. The van der Waals surface area contributed by atoms with E-state index in [9.17, 15) is 9.59 Å². The van der Waals surface area contributed by atoms with Crippen molar-refractivity contribution in [2.24, 2.45) is 11.8 Å². The Morgan fingerprint density at radius 3 is 1.93 bits per heavy atom. The first-order valence-corrected chi connectivity index (χ1v) is 10.4. The highest BCUT2D eigenvalue weighted by Gasteiger charge is 2.56. The Bertz CT molecular complexity index is 808. The van der Waals surface area contributed by atoms with Crippen molar-refractivity contribution in [3.05, 3.63) is 66.2 Å². The lowest BCUT2D eigenvalue weighted by molar-refractivity contribution is -0.156. The van der Waals surface area contributed by atoms with Gasteiger partial charge in [-0.3, -0.25) is 4.79 Å². The van der Waals surface area contributed by atoms with Crippen molar-refractivity contribution in [1.29, 1.82) is 0 Å². The van der Waals surface area contributed by atoms with Crippen molar-refractivity contribution in [3.8, 4) is 0 Å². The quantitative estimate of drug-likeness (QED) is 0.651. The number of carbonyl (C=O) groups excluding carboxylic acids is 2. The molecule has 0 radical (unpaired) electrons. The van der Waals surface area contributed by atoms with Crippen molar-refractivity contribution >= 4 is 17.6 Å². The molecule has 0 amide bonds. The molecule has 2 aromatic rings. The molecule has 4 atom stereocenters. The Kier molecular flexibility index (Phi) is 6.91. The number of nitrogens with zero attached hydrogens (tertiary/aromatic N) is 1. The second kappa shape index (κ2) is 9.59. The van der Waals surface area contributed by atoms with Gasteiger partial charge in [0.2, 0.25) is 0 Å². The summed E-state index contributed by atoms with van der Waals surface area (Å²) >= 11 is 0. The van der Waals surface area contributed by atoms with Crippen LogP contribution in [0.25, 0.3) is 0 Å². The summed E-state index contributed by atoms with van der Waals surface area (Å²) in [6.45, 7) is 6.17. The molecular formula is C24H29NO4. The monoisotopic (exact) mass is 395 g/mol. The van der Waals surface area contributed by atoms with E-state index < -0.39 is 12.0 Å². The van der Waals surface area contributed by atoms with Crippen LogP contribution in [0, 0.1) is 11.8 Å². The van der Waals surface area contributed by atoms with Crippen LogP contribution in [0.4, 0.5) is 5.69 Å². The summed E-state index contributed by atoms with van der Waals surface area (Å²) in [6.07, 6.45) is 0.738. The van der Waals surface area contributed by atoms with Gasteiger partial charge in [0.15, 0.2) is 0 Å². The number of hydrogen-bond donors (Lipinski definition) is 0. The van der Waals surface area contributed by atoms with Crippen LogP contribution in [0.15, 0.2) is 60.7 Å². The summed E-state index contributed by atoms with van der Waals surface area (Å²) in [5.74, 6) is -1.39. The molecule has 0 aromatic heterocycles. The van der Waals surface area contributed by atoms with Crippen LogP contribution < -0.4 is 4.90 Å². The van der Waals surface area contributed by atoms with E-state index in [4.69, 9.17) is 9.47 Å². The van der Waals surface area contributed by atoms with E-state index in [2.05, 4.69) is 24.0 Å². The summed E-state index contributed by atoms with van der Waals surface area (Å²) in [5.41, 5.74) is 1.97. The molecule has 0 spiro atoms. The molecule has 2 aromatic carbocycles. The largest absolute Gasteiger partial charge is 0.466 e. The van der Waals surface area contributed by atoms with Gasteiger partial charge in [-0.15, -0.1) is 0 Å². The van der Waals surface area contributed by atoms with Gasteiger partial charge in [-0.05, 0) is 37.5 Å². The Morgan fingerprint density at radius 1 is 0.828 bits per heavy atom. The van der Waals surface area contributed by atoms with E-state index in [1.807, 2.05) is 48.5 Å². The van der Waals surface area contributed by atoms with E-state index in [1.165, 1.54) is 0 Å². The summed E-state index contributed by atoms with van der Waals surface area (Å²) in [7, 11) is 0. The number of anilines is 1. The van der Waals surface area contributed by atoms with Gasteiger partial charge in [-0.25, -0.2) is 4.79 Å². The lowest BCUT2D eigenvalue weighted by Gasteiger charge is -2.33. The van der Waals surface area contributed by atoms with Crippen LogP contribution in [0.3, 0.4) is 0 Å². The van der Waals surface area contributed by atoms with Crippen LogP contribution in [0.1, 0.15) is 38.8 Å². The molecule has 0 saturated carbocycles. The van der Waals surface area contributed by atoms with E-state index in [0.29, 0.717) is 0 Å². The van der Waals surface area contributed by atoms with Gasteiger partial charge < -0.3 is 14.4 Å². The number of ether oxygens (including phenoxy) is 2. The van der Waals surface area contributed by atoms with Crippen LogP contribution >= 0.6 is 0 Å². The third-order valence-corrected chi connectivity index (χ3v) is 5.56. The molecule has 29 heavy (non-hydrogen) atoms. The fourth-order valence-corrected chi connectivity index (χ4v) is 4.47. The molecule has 1 heterocycles. The minimum absolute atomic E-state index is 0.0777. The maximum absolute atomic E-state index is 13.1. The second-order valence-electron chi connectivity index (χ2n) is 7.15. The Labute approximate surface area is 172 Å². The van der Waals surface area contributed by atoms with E-state index in [1.54, 1.807) is 13.8 Å². The molecular weight excluding hydrogens is 366 g/mol. The topological polar surface area (TPSA) is 55.8 Å². The van der Waals surface area contributed by atoms with Crippen molar-refractivity contribution in [2.75, 3.05) is 18.1 Å². The number of benzene rings is 2. The van der Waals surface area contributed by atoms with Gasteiger partial charge in [0.25, 0.3) is 0 Å². The van der Waals surface area contributed by atoms with Crippen molar-refractivity contribution in [1.82, 2.24) is 0 Å². The van der Waals surface area contributed by atoms with Crippen molar-refractivity contribution in [3.63, 3.8) is 0 Å². The summed E-state index contributed by atoms with van der Waals surface area (Å²) < 4.78 is 10.8. The Morgan fingerprint density at radius 2 is 1.38 bits per heavy atom. The third-order valence-electron chi connectivity index (χ3n) is 5.56. The van der Waals surface area contributed by atoms with Gasteiger partial charge in [0.05, 0.1) is 25.2 Å². The molecule has 5 heteroatoms. The summed E-state index contributed by atoms with van der Waals surface area (Å²) in [6, 6.07) is 19.0. The molecule has 154 valence electrons. The minimum Gasteiger partial charge on any atom is -0.466 e. The van der Waals surface area contributed by atoms with Gasteiger partial charge in [-0.1, -0.05) is 61.9 Å². The summed E-state index contributed by atoms with van der Waals surface area (Å²) in [5, 5.41) is 0. The highest BCUT2D eigenvalue weighted by Crippen LogP contribution is 2.49. The zero-order valence-electron chi connectivity index (χ0n) is 17.3. The average Bonchev–Trinajstić information content (AvgIpc) is 3.10. The van der Waals surface area contributed by atoms with Gasteiger partial charge in [0, 0.05) is 5.69 Å². The molecule has 0 aliphatic carbocycles. The standard InChI is InChI=1S/C24H29NO4/c1-4-19-20(23(26)28-5-2)22(24(27)29-6-3)25(18-15-11-8-12-16-18)21(19)17-13-9-7-10-14-17/h7-16,19-22H,4-6H2,1-3H3/t19-,20-,21+,22-/m1/s1. The molecule has 1 aliphatic rings. The fraction of sp³-hybridized carbons (Fsp3) is 0.417. The predicted molar refractivity (Wildman–Crippen MR) is 112 cm³/mol. The van der Waals surface area contributed by atoms with Gasteiger partial charge in [-0.2, -0.15) is 0 Å². The lowest BCUT2D eigenvalue weighted by Crippen LogP contribution is -2.44. The fourth-order valence-electron chi connectivity index (χ4n) is 4.47. The maximum atomic E-state index is 13.1. The first kappa shape index (κ1) is 20.9. The normalized spacial score (nSPS) is 23.6. The highest BCUT2D eigenvalue weighted by molar-refractivity contribution is 5.90. The van der Waals surface area contributed by atoms with Gasteiger partial charge in [0.1, 0.15) is 6.04 Å². The molecule has 5 nitrogen and oxygen atoms in total. The number of esters is 2. The van der Waals surface area contributed by atoms with E-state index in [-0.39, 0.29) is 37.1 Å². The van der Waals surface area contributed by atoms with Gasteiger partial charge >= 0.3 is 11.9 Å². The lowest BCUT2D eigenvalue weighted by atomic mass is 9.82. The molecule has 0 unspecified atom stereocenters.